The van der Waals surface area contributed by atoms with Crippen LogP contribution in [0.15, 0.2) is 77.7 Å². The molecule has 0 saturated carbocycles. The molecule has 0 radical (unpaired) electrons. The van der Waals surface area contributed by atoms with Crippen molar-refractivity contribution in [3.05, 3.63) is 78.4 Å². The van der Waals surface area contributed by atoms with Crippen LogP contribution in [-0.2, 0) is 21.2 Å². The number of carbonyl (C=O) groups is 1. The molecule has 172 valence electrons. The molecule has 3 aromatic carbocycles. The maximum Gasteiger partial charge on any atom is 0.264 e. The van der Waals surface area contributed by atoms with Crippen LogP contribution in [0.5, 0.6) is 11.5 Å². The van der Waals surface area contributed by atoms with Crippen LogP contribution < -0.4 is 18.7 Å². The summed E-state index contributed by atoms with van der Waals surface area (Å²) in [5.41, 5.74) is 2.31. The molecule has 0 aliphatic carbocycles. The van der Waals surface area contributed by atoms with Gasteiger partial charge in [0.05, 0.1) is 24.8 Å². The number of carbonyl (C=O) groups excluding carboxylic acids is 1. The minimum Gasteiger partial charge on any atom is -0.493 e. The number of sulfonamides is 1. The Balaban J connectivity index is 1.73. The fraction of sp³-hybridized carbons (Fsp3) is 0.240. The molecule has 0 N–H and O–H groups in total. The van der Waals surface area contributed by atoms with E-state index in [1.165, 1.54) is 32.4 Å². The topological polar surface area (TPSA) is 76.2 Å². The summed E-state index contributed by atoms with van der Waals surface area (Å²) >= 11 is 0. The molecule has 1 amide bonds. The van der Waals surface area contributed by atoms with Gasteiger partial charge in [0.15, 0.2) is 11.5 Å². The average molecular weight is 467 g/mol. The van der Waals surface area contributed by atoms with Gasteiger partial charge in [0.1, 0.15) is 6.54 Å². The van der Waals surface area contributed by atoms with Gasteiger partial charge in [0.25, 0.3) is 10.0 Å². The summed E-state index contributed by atoms with van der Waals surface area (Å²) < 4.78 is 39.1. The van der Waals surface area contributed by atoms with E-state index < -0.39 is 10.0 Å². The molecule has 0 fully saturated rings. The summed E-state index contributed by atoms with van der Waals surface area (Å²) in [5.74, 6) is 0.418. The molecule has 0 saturated heterocycles. The number of amides is 1. The number of rotatable bonds is 7. The fourth-order valence-electron chi connectivity index (χ4n) is 4.16. The molecule has 1 aliphatic rings. The average Bonchev–Trinajstić information content (AvgIpc) is 3.18. The van der Waals surface area contributed by atoms with E-state index in [4.69, 9.17) is 9.47 Å². The highest BCUT2D eigenvalue weighted by atomic mass is 32.2. The Bertz CT molecular complexity index is 1260. The number of hydrogen-bond donors (Lipinski definition) is 0. The molecule has 0 bridgehead atoms. The highest BCUT2D eigenvalue weighted by molar-refractivity contribution is 7.92. The van der Waals surface area contributed by atoms with Crippen molar-refractivity contribution in [2.24, 2.45) is 0 Å². The van der Waals surface area contributed by atoms with Crippen LogP contribution in [-0.4, -0.2) is 41.1 Å². The van der Waals surface area contributed by atoms with Crippen LogP contribution in [0, 0.1) is 0 Å². The second-order valence-corrected chi connectivity index (χ2v) is 9.67. The van der Waals surface area contributed by atoms with Gasteiger partial charge in [-0.05, 0) is 49.2 Å². The molecule has 1 heterocycles. The lowest BCUT2D eigenvalue weighted by molar-refractivity contribution is -0.117. The van der Waals surface area contributed by atoms with Gasteiger partial charge in [-0.25, -0.2) is 8.42 Å². The van der Waals surface area contributed by atoms with Gasteiger partial charge < -0.3 is 14.4 Å². The Morgan fingerprint density at radius 3 is 2.33 bits per heavy atom. The first-order valence-electron chi connectivity index (χ1n) is 10.6. The zero-order chi connectivity index (χ0) is 23.6. The maximum absolute atomic E-state index is 13.7. The fourth-order valence-corrected chi connectivity index (χ4v) is 5.59. The van der Waals surface area contributed by atoms with Crippen molar-refractivity contribution >= 4 is 27.3 Å². The number of anilines is 2. The largest absolute Gasteiger partial charge is 0.493 e. The van der Waals surface area contributed by atoms with E-state index in [2.05, 4.69) is 0 Å². The van der Waals surface area contributed by atoms with Gasteiger partial charge in [-0.2, -0.15) is 0 Å². The molecule has 0 spiro atoms. The summed E-state index contributed by atoms with van der Waals surface area (Å²) in [4.78, 5) is 15.2. The van der Waals surface area contributed by atoms with Crippen LogP contribution in [0.2, 0.25) is 0 Å². The summed E-state index contributed by atoms with van der Waals surface area (Å²) in [6.45, 7) is 1.63. The van der Waals surface area contributed by atoms with E-state index in [1.54, 1.807) is 35.2 Å². The van der Waals surface area contributed by atoms with Crippen molar-refractivity contribution in [3.63, 3.8) is 0 Å². The molecule has 1 aliphatic heterocycles. The zero-order valence-electron chi connectivity index (χ0n) is 18.8. The van der Waals surface area contributed by atoms with Gasteiger partial charge in [-0.1, -0.05) is 36.4 Å². The van der Waals surface area contributed by atoms with Crippen molar-refractivity contribution in [2.75, 3.05) is 30.0 Å². The summed E-state index contributed by atoms with van der Waals surface area (Å²) in [5, 5.41) is 0. The normalized spacial score (nSPS) is 15.1. The number of benzene rings is 3. The van der Waals surface area contributed by atoms with Gasteiger partial charge in [-0.3, -0.25) is 9.10 Å². The number of fused-ring (bicyclic) bond motifs is 1. The molecule has 4 rings (SSSR count). The number of methoxy groups -OCH3 is 2. The maximum atomic E-state index is 13.7. The van der Waals surface area contributed by atoms with E-state index in [0.717, 1.165) is 22.0 Å². The molecule has 7 nitrogen and oxygen atoms in total. The highest BCUT2D eigenvalue weighted by Crippen LogP contribution is 2.34. The standard InChI is InChI=1S/C25H26N2O5S/c1-18-15-19-9-7-8-12-22(19)27(18)25(28)17-26(20-10-5-4-6-11-20)33(29,30)21-13-14-23(31-2)24(16-21)32-3/h4-14,16,18H,15,17H2,1-3H3/t18-/m0/s1. The Morgan fingerprint density at radius 2 is 1.64 bits per heavy atom. The van der Waals surface area contributed by atoms with E-state index in [-0.39, 0.29) is 23.4 Å². The number of hydrogen-bond acceptors (Lipinski definition) is 5. The summed E-state index contributed by atoms with van der Waals surface area (Å²) in [7, 11) is -1.16. The second-order valence-electron chi connectivity index (χ2n) is 7.81. The Hall–Kier alpha value is -3.52. The van der Waals surface area contributed by atoms with Gasteiger partial charge in [0.2, 0.25) is 5.91 Å². The molecule has 3 aromatic rings. The lowest BCUT2D eigenvalue weighted by Crippen LogP contribution is -2.45. The molecule has 33 heavy (non-hydrogen) atoms. The van der Waals surface area contributed by atoms with Crippen LogP contribution in [0.1, 0.15) is 12.5 Å². The molecule has 1 atom stereocenters. The van der Waals surface area contributed by atoms with Crippen LogP contribution >= 0.6 is 0 Å². The summed E-state index contributed by atoms with van der Waals surface area (Å²) in [6.07, 6.45) is 0.732. The third-order valence-corrected chi connectivity index (χ3v) is 7.51. The van der Waals surface area contributed by atoms with Crippen molar-refractivity contribution in [2.45, 2.75) is 24.3 Å². The van der Waals surface area contributed by atoms with E-state index in [9.17, 15) is 13.2 Å². The highest BCUT2D eigenvalue weighted by Gasteiger charge is 2.35. The van der Waals surface area contributed by atoms with Gasteiger partial charge in [0, 0.05) is 17.8 Å². The first-order chi connectivity index (χ1) is 15.9. The van der Waals surface area contributed by atoms with E-state index in [0.29, 0.717) is 17.2 Å². The van der Waals surface area contributed by atoms with Crippen molar-refractivity contribution < 1.29 is 22.7 Å². The van der Waals surface area contributed by atoms with E-state index >= 15 is 0 Å². The third kappa shape index (κ3) is 4.26. The van der Waals surface area contributed by atoms with Crippen molar-refractivity contribution in [1.82, 2.24) is 0 Å². The van der Waals surface area contributed by atoms with Gasteiger partial charge in [-0.15, -0.1) is 0 Å². The minimum atomic E-state index is -4.08. The zero-order valence-corrected chi connectivity index (χ0v) is 19.6. The monoisotopic (exact) mass is 466 g/mol. The lowest BCUT2D eigenvalue weighted by Gasteiger charge is -2.29. The third-order valence-electron chi connectivity index (χ3n) is 5.74. The van der Waals surface area contributed by atoms with Crippen LogP contribution in [0.3, 0.4) is 0 Å². The van der Waals surface area contributed by atoms with Crippen molar-refractivity contribution in [1.29, 1.82) is 0 Å². The molecular formula is C25H26N2O5S. The number of ether oxygens (including phenoxy) is 2. The SMILES string of the molecule is COc1ccc(S(=O)(=O)N(CC(=O)N2c3ccccc3C[C@@H]2C)c2ccccc2)cc1OC. The lowest BCUT2D eigenvalue weighted by atomic mass is 10.1. The predicted octanol–water partition coefficient (Wildman–Crippen LogP) is 3.88. The first-order valence-corrected chi connectivity index (χ1v) is 12.0. The Kier molecular flexibility index (Phi) is 6.29. The second kappa shape index (κ2) is 9.15. The Labute approximate surface area is 194 Å². The molecule has 0 unspecified atom stereocenters. The van der Waals surface area contributed by atoms with Crippen molar-refractivity contribution in [3.8, 4) is 11.5 Å². The quantitative estimate of drug-likeness (QED) is 0.528. The van der Waals surface area contributed by atoms with E-state index in [1.807, 2.05) is 31.2 Å². The summed E-state index contributed by atoms with van der Waals surface area (Å²) in [6, 6.07) is 20.7. The van der Waals surface area contributed by atoms with Crippen LogP contribution in [0.25, 0.3) is 0 Å². The van der Waals surface area contributed by atoms with Crippen LogP contribution in [0.4, 0.5) is 11.4 Å². The Morgan fingerprint density at radius 1 is 0.970 bits per heavy atom. The predicted molar refractivity (Wildman–Crippen MR) is 128 cm³/mol. The minimum absolute atomic E-state index is 0.00618. The van der Waals surface area contributed by atoms with Gasteiger partial charge >= 0.3 is 0 Å². The molecular weight excluding hydrogens is 440 g/mol. The number of para-hydroxylation sites is 2. The molecule has 0 aromatic heterocycles. The number of nitrogens with zero attached hydrogens (tertiary/aromatic N) is 2. The first kappa shape index (κ1) is 22.7. The smallest absolute Gasteiger partial charge is 0.264 e. The molecule has 8 heteroatoms.